The van der Waals surface area contributed by atoms with Gasteiger partial charge >= 0.3 is 5.97 Å². The molecule has 0 bridgehead atoms. The van der Waals surface area contributed by atoms with Crippen LogP contribution < -0.4 is 0 Å². The van der Waals surface area contributed by atoms with Crippen molar-refractivity contribution in [2.45, 2.75) is 19.5 Å². The van der Waals surface area contributed by atoms with Crippen LogP contribution in [0.1, 0.15) is 11.8 Å². The molecule has 2 heterocycles. The monoisotopic (exact) mass is 289 g/mol. The molecule has 1 N–H and O–H groups in total. The fourth-order valence-electron chi connectivity index (χ4n) is 2.24. The summed E-state index contributed by atoms with van der Waals surface area (Å²) in [6.45, 7) is 4.36. The number of halogens is 1. The smallest absolute Gasteiger partial charge is 0.310 e. The van der Waals surface area contributed by atoms with E-state index in [0.29, 0.717) is 13.2 Å². The minimum atomic E-state index is -0.778. The van der Waals surface area contributed by atoms with Crippen molar-refractivity contribution in [3.63, 3.8) is 0 Å². The lowest BCUT2D eigenvalue weighted by Crippen LogP contribution is -2.42. The minimum Gasteiger partial charge on any atom is -0.481 e. The molecule has 0 aromatic carbocycles. The summed E-state index contributed by atoms with van der Waals surface area (Å²) in [6, 6.07) is 1.88. The van der Waals surface area contributed by atoms with Crippen molar-refractivity contribution in [1.82, 2.24) is 4.90 Å². The Labute approximate surface area is 115 Å². The lowest BCUT2D eigenvalue weighted by Gasteiger charge is -2.28. The number of ether oxygens (including phenoxy) is 1. The van der Waals surface area contributed by atoms with Gasteiger partial charge in [-0.15, -0.1) is 11.3 Å². The van der Waals surface area contributed by atoms with Gasteiger partial charge in [-0.05, 0) is 12.6 Å². The molecule has 2 atom stereocenters. The molecule has 1 fully saturated rings. The van der Waals surface area contributed by atoms with Gasteiger partial charge in [0.2, 0.25) is 0 Å². The van der Waals surface area contributed by atoms with Gasteiger partial charge in [0.25, 0.3) is 0 Å². The van der Waals surface area contributed by atoms with Gasteiger partial charge in [-0.3, -0.25) is 9.69 Å². The van der Waals surface area contributed by atoms with Gasteiger partial charge in [-0.1, -0.05) is 18.5 Å². The van der Waals surface area contributed by atoms with E-state index in [1.165, 1.54) is 0 Å². The fourth-order valence-corrected chi connectivity index (χ4v) is 3.34. The number of thiophene rings is 1. The van der Waals surface area contributed by atoms with Crippen molar-refractivity contribution in [3.8, 4) is 0 Å². The van der Waals surface area contributed by atoms with E-state index in [1.54, 1.807) is 11.3 Å². The maximum absolute atomic E-state index is 11.2. The van der Waals surface area contributed by atoms with Crippen LogP contribution in [0.25, 0.3) is 0 Å². The Morgan fingerprint density at radius 3 is 3.00 bits per heavy atom. The second kappa shape index (κ2) is 6.02. The quantitative estimate of drug-likeness (QED) is 0.904. The summed E-state index contributed by atoms with van der Waals surface area (Å²) in [4.78, 5) is 14.5. The van der Waals surface area contributed by atoms with Crippen LogP contribution in [0.15, 0.2) is 11.4 Å². The Morgan fingerprint density at radius 2 is 2.44 bits per heavy atom. The predicted molar refractivity (Wildman–Crippen MR) is 71.1 cm³/mol. The van der Waals surface area contributed by atoms with E-state index in [4.69, 9.17) is 16.3 Å². The molecule has 1 aliphatic heterocycles. The molecule has 0 saturated carbocycles. The molecular formula is C12H16ClNO3S. The summed E-state index contributed by atoms with van der Waals surface area (Å²) in [5, 5.41) is 11.8. The lowest BCUT2D eigenvalue weighted by atomic mass is 10.0. The highest BCUT2D eigenvalue weighted by Gasteiger charge is 2.37. The number of carboxylic acids is 1. The van der Waals surface area contributed by atoms with Crippen LogP contribution in [0.3, 0.4) is 0 Å². The van der Waals surface area contributed by atoms with E-state index >= 15 is 0 Å². The molecular weight excluding hydrogens is 274 g/mol. The number of hydrogen-bond donors (Lipinski definition) is 1. The number of carbonyl (C=O) groups is 1. The van der Waals surface area contributed by atoms with Crippen LogP contribution in [0, 0.1) is 5.92 Å². The molecule has 0 spiro atoms. The van der Waals surface area contributed by atoms with Crippen molar-refractivity contribution in [1.29, 1.82) is 0 Å². The fraction of sp³-hybridized carbons (Fsp3) is 0.583. The van der Waals surface area contributed by atoms with Crippen molar-refractivity contribution in [2.75, 3.05) is 19.8 Å². The Hall–Kier alpha value is -0.620. The van der Waals surface area contributed by atoms with Crippen LogP contribution in [-0.2, 0) is 16.1 Å². The van der Waals surface area contributed by atoms with Gasteiger partial charge in [0.1, 0.15) is 0 Å². The molecule has 1 aromatic heterocycles. The molecule has 2 rings (SSSR count). The first-order valence-electron chi connectivity index (χ1n) is 5.89. The van der Waals surface area contributed by atoms with Crippen LogP contribution in [0.5, 0.6) is 0 Å². The number of carboxylic acid groups (broad SMARTS) is 1. The SMILES string of the molecule is CCN(Cc1cc(Cl)cs1)C1COCC1C(=O)O. The number of aliphatic carboxylic acids is 1. The third kappa shape index (κ3) is 3.03. The second-order valence-corrected chi connectivity index (χ2v) is 5.78. The van der Waals surface area contributed by atoms with Gasteiger partial charge in [0, 0.05) is 22.8 Å². The lowest BCUT2D eigenvalue weighted by molar-refractivity contribution is -0.143. The molecule has 100 valence electrons. The van der Waals surface area contributed by atoms with Gasteiger partial charge < -0.3 is 9.84 Å². The Kier molecular flexibility index (Phi) is 4.61. The second-order valence-electron chi connectivity index (χ2n) is 4.34. The number of rotatable bonds is 5. The van der Waals surface area contributed by atoms with Crippen molar-refractivity contribution in [3.05, 3.63) is 21.3 Å². The van der Waals surface area contributed by atoms with Gasteiger partial charge in [0.15, 0.2) is 0 Å². The normalized spacial score (nSPS) is 23.7. The standard InChI is InChI=1S/C12H16ClNO3S/c1-2-14(4-9-3-8(13)7-18-9)11-6-17-5-10(11)12(15)16/h3,7,10-11H,2,4-6H2,1H3,(H,15,16). The van der Waals surface area contributed by atoms with E-state index in [-0.39, 0.29) is 6.04 Å². The predicted octanol–water partition coefficient (Wildman–Crippen LogP) is 2.32. The van der Waals surface area contributed by atoms with Gasteiger partial charge in [-0.25, -0.2) is 0 Å². The molecule has 0 aliphatic carbocycles. The first-order valence-corrected chi connectivity index (χ1v) is 7.15. The Morgan fingerprint density at radius 1 is 1.67 bits per heavy atom. The number of hydrogen-bond acceptors (Lipinski definition) is 4. The zero-order valence-corrected chi connectivity index (χ0v) is 11.7. The highest BCUT2D eigenvalue weighted by molar-refractivity contribution is 7.10. The van der Waals surface area contributed by atoms with Crippen molar-refractivity contribution in [2.24, 2.45) is 5.92 Å². The summed E-state index contributed by atoms with van der Waals surface area (Å²) in [5.41, 5.74) is 0. The van der Waals surface area contributed by atoms with E-state index in [9.17, 15) is 9.90 Å². The molecule has 0 amide bonds. The summed E-state index contributed by atoms with van der Waals surface area (Å²) in [7, 11) is 0. The summed E-state index contributed by atoms with van der Waals surface area (Å²) >= 11 is 7.50. The minimum absolute atomic E-state index is 0.0478. The number of nitrogens with zero attached hydrogens (tertiary/aromatic N) is 1. The highest BCUT2D eigenvalue weighted by Crippen LogP contribution is 2.25. The molecule has 2 unspecified atom stereocenters. The summed E-state index contributed by atoms with van der Waals surface area (Å²) in [5.74, 6) is -1.21. The maximum Gasteiger partial charge on any atom is 0.310 e. The van der Waals surface area contributed by atoms with Crippen LogP contribution in [0.2, 0.25) is 5.02 Å². The van der Waals surface area contributed by atoms with E-state index in [2.05, 4.69) is 4.90 Å². The average Bonchev–Trinajstić information content (AvgIpc) is 2.94. The summed E-state index contributed by atoms with van der Waals surface area (Å²) < 4.78 is 5.31. The molecule has 18 heavy (non-hydrogen) atoms. The number of likely N-dealkylation sites (N-methyl/N-ethyl adjacent to an activating group) is 1. The molecule has 1 aromatic rings. The summed E-state index contributed by atoms with van der Waals surface area (Å²) in [6.07, 6.45) is 0. The third-order valence-electron chi connectivity index (χ3n) is 3.22. The molecule has 4 nitrogen and oxygen atoms in total. The van der Waals surface area contributed by atoms with Crippen LogP contribution in [-0.4, -0.2) is 41.8 Å². The van der Waals surface area contributed by atoms with E-state index < -0.39 is 11.9 Å². The van der Waals surface area contributed by atoms with Crippen molar-refractivity contribution >= 4 is 28.9 Å². The first kappa shape index (κ1) is 13.8. The zero-order chi connectivity index (χ0) is 13.1. The molecule has 1 saturated heterocycles. The van der Waals surface area contributed by atoms with Crippen LogP contribution >= 0.6 is 22.9 Å². The zero-order valence-electron chi connectivity index (χ0n) is 10.1. The van der Waals surface area contributed by atoms with E-state index in [0.717, 1.165) is 23.0 Å². The molecule has 1 aliphatic rings. The Balaban J connectivity index is 2.06. The third-order valence-corrected chi connectivity index (χ3v) is 4.49. The highest BCUT2D eigenvalue weighted by atomic mass is 35.5. The van der Waals surface area contributed by atoms with Gasteiger partial charge in [-0.2, -0.15) is 0 Å². The van der Waals surface area contributed by atoms with Crippen LogP contribution in [0.4, 0.5) is 0 Å². The molecule has 6 heteroatoms. The average molecular weight is 290 g/mol. The Bertz CT molecular complexity index is 423. The van der Waals surface area contributed by atoms with E-state index in [1.807, 2.05) is 18.4 Å². The molecule has 0 radical (unpaired) electrons. The van der Waals surface area contributed by atoms with Gasteiger partial charge in [0.05, 0.1) is 24.2 Å². The largest absolute Gasteiger partial charge is 0.481 e. The maximum atomic E-state index is 11.2. The first-order chi connectivity index (χ1) is 8.61. The van der Waals surface area contributed by atoms with Crippen molar-refractivity contribution < 1.29 is 14.6 Å². The topological polar surface area (TPSA) is 49.8 Å².